The average molecular weight is 206 g/mol. The van der Waals surface area contributed by atoms with E-state index in [1.807, 2.05) is 0 Å². The molecule has 1 unspecified atom stereocenters. The first kappa shape index (κ1) is 9.71. The number of hydrogen-bond donors (Lipinski definition) is 1. The number of carboxylic acid groups (broad SMARTS) is 1. The molecule has 1 atom stereocenters. The number of aliphatic carboxylic acids is 1. The molecule has 0 radical (unpaired) electrons. The van der Waals surface area contributed by atoms with Crippen molar-refractivity contribution >= 4 is 12.3 Å². The van der Waals surface area contributed by atoms with E-state index in [2.05, 4.69) is 0 Å². The van der Waals surface area contributed by atoms with Crippen LogP contribution in [0.5, 0.6) is 5.75 Å². The summed E-state index contributed by atoms with van der Waals surface area (Å²) in [6, 6.07) is 3.29. The van der Waals surface area contributed by atoms with E-state index in [-0.39, 0.29) is 0 Å². The first-order valence-corrected chi connectivity index (χ1v) is 4.60. The molecule has 4 heteroatoms. The fraction of sp³-hybridized carbons (Fsp3) is 0.273. The van der Waals surface area contributed by atoms with E-state index in [4.69, 9.17) is 9.84 Å². The summed E-state index contributed by atoms with van der Waals surface area (Å²) in [5.41, 5.74) is 2.22. The SMILES string of the molecule is Cc1c(C=O)ccc2c1CC(C(=O)O)O2. The van der Waals surface area contributed by atoms with Crippen LogP contribution in [-0.4, -0.2) is 23.5 Å². The van der Waals surface area contributed by atoms with E-state index in [1.165, 1.54) is 0 Å². The summed E-state index contributed by atoms with van der Waals surface area (Å²) in [7, 11) is 0. The zero-order chi connectivity index (χ0) is 11.0. The third kappa shape index (κ3) is 1.48. The minimum Gasteiger partial charge on any atom is -0.478 e. The maximum Gasteiger partial charge on any atom is 0.345 e. The number of carboxylic acids is 1. The standard InChI is InChI=1S/C11H10O4/c1-6-7(5-12)2-3-9-8(6)4-10(15-9)11(13)14/h2-3,5,10H,4H2,1H3,(H,13,14). The Hall–Kier alpha value is -1.84. The normalized spacial score (nSPS) is 18.1. The summed E-state index contributed by atoms with van der Waals surface area (Å²) in [4.78, 5) is 21.4. The maximum absolute atomic E-state index is 10.7. The van der Waals surface area contributed by atoms with Gasteiger partial charge in [0.2, 0.25) is 0 Å². The topological polar surface area (TPSA) is 63.6 Å². The van der Waals surface area contributed by atoms with Crippen LogP contribution in [-0.2, 0) is 11.2 Å². The molecule has 0 saturated heterocycles. The second-order valence-corrected chi connectivity index (χ2v) is 3.52. The Morgan fingerprint density at radius 3 is 2.93 bits per heavy atom. The summed E-state index contributed by atoms with van der Waals surface area (Å²) in [5.74, 6) is -0.399. The molecule has 0 aromatic heterocycles. The number of ether oxygens (including phenoxy) is 1. The van der Waals surface area contributed by atoms with Gasteiger partial charge in [0.25, 0.3) is 0 Å². The quantitative estimate of drug-likeness (QED) is 0.738. The molecule has 1 N–H and O–H groups in total. The summed E-state index contributed by atoms with van der Waals surface area (Å²) in [5, 5.41) is 8.81. The Kier molecular flexibility index (Phi) is 2.19. The van der Waals surface area contributed by atoms with Gasteiger partial charge in [0.05, 0.1) is 0 Å². The second kappa shape index (κ2) is 3.38. The van der Waals surface area contributed by atoms with Crippen LogP contribution in [0.4, 0.5) is 0 Å². The third-order valence-electron chi connectivity index (χ3n) is 2.66. The van der Waals surface area contributed by atoms with Crippen molar-refractivity contribution in [2.24, 2.45) is 0 Å². The lowest BCUT2D eigenvalue weighted by atomic mass is 10.00. The van der Waals surface area contributed by atoms with Gasteiger partial charge in [-0.3, -0.25) is 4.79 Å². The van der Waals surface area contributed by atoms with Gasteiger partial charge in [0.1, 0.15) is 12.0 Å². The van der Waals surface area contributed by atoms with E-state index in [9.17, 15) is 9.59 Å². The van der Waals surface area contributed by atoms with Gasteiger partial charge >= 0.3 is 5.97 Å². The number of carbonyl (C=O) groups is 2. The Balaban J connectivity index is 2.42. The van der Waals surface area contributed by atoms with Crippen LogP contribution in [0, 0.1) is 6.92 Å². The monoisotopic (exact) mass is 206 g/mol. The van der Waals surface area contributed by atoms with Crippen molar-refractivity contribution in [1.82, 2.24) is 0 Å². The molecule has 4 nitrogen and oxygen atoms in total. The molecule has 1 aromatic carbocycles. The molecule has 1 aliphatic heterocycles. The van der Waals surface area contributed by atoms with Crippen molar-refractivity contribution in [3.63, 3.8) is 0 Å². The van der Waals surface area contributed by atoms with Crippen molar-refractivity contribution in [1.29, 1.82) is 0 Å². The van der Waals surface area contributed by atoms with E-state index >= 15 is 0 Å². The van der Waals surface area contributed by atoms with Crippen molar-refractivity contribution < 1.29 is 19.4 Å². The molecule has 15 heavy (non-hydrogen) atoms. The van der Waals surface area contributed by atoms with E-state index in [0.717, 1.165) is 17.4 Å². The Bertz CT molecular complexity index is 436. The van der Waals surface area contributed by atoms with E-state index in [0.29, 0.717) is 17.7 Å². The Morgan fingerprint density at radius 1 is 1.60 bits per heavy atom. The van der Waals surface area contributed by atoms with E-state index < -0.39 is 12.1 Å². The van der Waals surface area contributed by atoms with Crippen LogP contribution >= 0.6 is 0 Å². The van der Waals surface area contributed by atoms with Crippen LogP contribution in [0.1, 0.15) is 21.5 Å². The number of fused-ring (bicyclic) bond motifs is 1. The summed E-state index contributed by atoms with van der Waals surface area (Å²) in [6.45, 7) is 1.80. The first-order chi connectivity index (χ1) is 7.13. The minimum absolute atomic E-state index is 0.332. The molecule has 0 spiro atoms. The lowest BCUT2D eigenvalue weighted by Crippen LogP contribution is -2.24. The molecule has 0 fully saturated rings. The van der Waals surface area contributed by atoms with Gasteiger partial charge in [-0.2, -0.15) is 0 Å². The highest BCUT2D eigenvalue weighted by Crippen LogP contribution is 2.32. The van der Waals surface area contributed by atoms with Crippen molar-refractivity contribution in [2.75, 3.05) is 0 Å². The molecule has 0 saturated carbocycles. The number of hydrogen-bond acceptors (Lipinski definition) is 3. The average Bonchev–Trinajstić information content (AvgIpc) is 2.63. The molecular weight excluding hydrogens is 196 g/mol. The number of carbonyl (C=O) groups excluding carboxylic acids is 1. The predicted molar refractivity (Wildman–Crippen MR) is 52.3 cm³/mol. The molecule has 0 amide bonds. The fourth-order valence-electron chi connectivity index (χ4n) is 1.76. The molecule has 78 valence electrons. The lowest BCUT2D eigenvalue weighted by Gasteiger charge is -2.04. The molecule has 0 bridgehead atoms. The van der Waals surface area contributed by atoms with Gasteiger partial charge in [0.15, 0.2) is 6.10 Å². The molecule has 2 rings (SSSR count). The largest absolute Gasteiger partial charge is 0.478 e. The highest BCUT2D eigenvalue weighted by molar-refractivity contribution is 5.80. The highest BCUT2D eigenvalue weighted by Gasteiger charge is 2.30. The van der Waals surface area contributed by atoms with Crippen LogP contribution in [0.3, 0.4) is 0 Å². The third-order valence-corrected chi connectivity index (χ3v) is 2.66. The molecule has 0 aliphatic carbocycles. The van der Waals surface area contributed by atoms with E-state index in [1.54, 1.807) is 19.1 Å². The maximum atomic E-state index is 10.7. The summed E-state index contributed by atoms with van der Waals surface area (Å²) >= 11 is 0. The number of rotatable bonds is 2. The molecule has 1 heterocycles. The smallest absolute Gasteiger partial charge is 0.345 e. The van der Waals surface area contributed by atoms with Crippen LogP contribution in [0.15, 0.2) is 12.1 Å². The van der Waals surface area contributed by atoms with Crippen LogP contribution < -0.4 is 4.74 Å². The van der Waals surface area contributed by atoms with Crippen molar-refractivity contribution in [3.8, 4) is 5.75 Å². The molecular formula is C11H10O4. The molecule has 1 aromatic rings. The van der Waals surface area contributed by atoms with Crippen LogP contribution in [0.25, 0.3) is 0 Å². The van der Waals surface area contributed by atoms with Gasteiger partial charge in [0, 0.05) is 17.5 Å². The summed E-state index contributed by atoms with van der Waals surface area (Å²) in [6.07, 6.45) is 0.280. The number of aldehydes is 1. The highest BCUT2D eigenvalue weighted by atomic mass is 16.5. The van der Waals surface area contributed by atoms with Crippen molar-refractivity contribution in [2.45, 2.75) is 19.4 Å². The van der Waals surface area contributed by atoms with Gasteiger partial charge in [-0.25, -0.2) is 4.79 Å². The van der Waals surface area contributed by atoms with Gasteiger partial charge in [-0.05, 0) is 24.6 Å². The molecule has 1 aliphatic rings. The lowest BCUT2D eigenvalue weighted by molar-refractivity contribution is -0.144. The second-order valence-electron chi connectivity index (χ2n) is 3.52. The predicted octanol–water partition coefficient (Wildman–Crippen LogP) is 1.20. The van der Waals surface area contributed by atoms with Gasteiger partial charge in [-0.15, -0.1) is 0 Å². The number of benzene rings is 1. The van der Waals surface area contributed by atoms with Crippen molar-refractivity contribution in [3.05, 3.63) is 28.8 Å². The fourth-order valence-corrected chi connectivity index (χ4v) is 1.76. The van der Waals surface area contributed by atoms with Crippen LogP contribution in [0.2, 0.25) is 0 Å². The Labute approximate surface area is 86.5 Å². The zero-order valence-electron chi connectivity index (χ0n) is 8.19. The first-order valence-electron chi connectivity index (χ1n) is 4.60. The summed E-state index contributed by atoms with van der Waals surface area (Å²) < 4.78 is 5.23. The van der Waals surface area contributed by atoms with Gasteiger partial charge in [-0.1, -0.05) is 0 Å². The zero-order valence-corrected chi connectivity index (χ0v) is 8.19. The minimum atomic E-state index is -0.974. The Morgan fingerprint density at radius 2 is 2.33 bits per heavy atom. The van der Waals surface area contributed by atoms with Gasteiger partial charge < -0.3 is 9.84 Å².